The summed E-state index contributed by atoms with van der Waals surface area (Å²) in [5.41, 5.74) is 1.42. The molecular weight excluding hydrogens is 286 g/mol. The van der Waals surface area contributed by atoms with Gasteiger partial charge in [0.25, 0.3) is 0 Å². The molecule has 22 heavy (non-hydrogen) atoms. The summed E-state index contributed by atoms with van der Waals surface area (Å²) in [5, 5.41) is 13.6. The van der Waals surface area contributed by atoms with Crippen molar-refractivity contribution in [3.63, 3.8) is 0 Å². The number of carboxylic acid groups (broad SMARTS) is 1. The molecule has 0 radical (unpaired) electrons. The van der Waals surface area contributed by atoms with Gasteiger partial charge in [0.2, 0.25) is 0 Å². The summed E-state index contributed by atoms with van der Waals surface area (Å²) in [6, 6.07) is 12.0. The van der Waals surface area contributed by atoms with Crippen LogP contribution in [0.1, 0.15) is 21.0 Å². The van der Waals surface area contributed by atoms with Gasteiger partial charge in [-0.3, -0.25) is 0 Å². The van der Waals surface area contributed by atoms with Crippen molar-refractivity contribution in [1.29, 1.82) is 0 Å². The molecule has 7 nitrogen and oxygen atoms in total. The number of carboxylic acids is 1. The number of aromatic nitrogens is 3. The van der Waals surface area contributed by atoms with Crippen LogP contribution < -0.4 is 0 Å². The molecule has 0 aliphatic rings. The van der Waals surface area contributed by atoms with Crippen LogP contribution in [0.4, 0.5) is 0 Å². The number of carbonyl (C=O) groups excluding carboxylic acids is 1. The van der Waals surface area contributed by atoms with E-state index in [-0.39, 0.29) is 17.0 Å². The average Bonchev–Trinajstić information content (AvgIpc) is 2.97. The number of aromatic carboxylic acids is 1. The number of fused-ring (bicyclic) bond motifs is 1. The molecule has 0 fully saturated rings. The second-order valence-electron chi connectivity index (χ2n) is 4.49. The third-order valence-electron chi connectivity index (χ3n) is 3.11. The second kappa shape index (κ2) is 5.28. The molecule has 7 heteroatoms. The molecule has 3 rings (SSSR count). The van der Waals surface area contributed by atoms with Gasteiger partial charge in [0.05, 0.1) is 12.8 Å². The molecule has 0 saturated carbocycles. The number of benzene rings is 1. The summed E-state index contributed by atoms with van der Waals surface area (Å²) < 4.78 is 5.78. The summed E-state index contributed by atoms with van der Waals surface area (Å²) in [6.45, 7) is 0. The van der Waals surface area contributed by atoms with Crippen LogP contribution in [0.15, 0.2) is 42.5 Å². The lowest BCUT2D eigenvalue weighted by Crippen LogP contribution is -2.12. The summed E-state index contributed by atoms with van der Waals surface area (Å²) in [5.74, 6) is -1.91. The zero-order chi connectivity index (χ0) is 15.7. The lowest BCUT2D eigenvalue weighted by molar-refractivity contribution is 0.0594. The lowest BCUT2D eigenvalue weighted by Gasteiger charge is -2.02. The van der Waals surface area contributed by atoms with Crippen LogP contribution in [0, 0.1) is 0 Å². The quantitative estimate of drug-likeness (QED) is 0.742. The fourth-order valence-corrected chi connectivity index (χ4v) is 2.09. The molecule has 2 heterocycles. The summed E-state index contributed by atoms with van der Waals surface area (Å²) in [6.07, 6.45) is 0. The first-order chi connectivity index (χ1) is 10.6. The number of methoxy groups -OCH3 is 1. The monoisotopic (exact) mass is 297 g/mol. The molecule has 0 bridgehead atoms. The van der Waals surface area contributed by atoms with Crippen molar-refractivity contribution in [2.75, 3.05) is 7.11 Å². The van der Waals surface area contributed by atoms with Gasteiger partial charge < -0.3 is 9.84 Å². The van der Waals surface area contributed by atoms with E-state index in [9.17, 15) is 14.7 Å². The zero-order valence-electron chi connectivity index (χ0n) is 11.6. The molecule has 110 valence electrons. The zero-order valence-corrected chi connectivity index (χ0v) is 11.6. The van der Waals surface area contributed by atoms with Crippen molar-refractivity contribution < 1.29 is 19.4 Å². The van der Waals surface area contributed by atoms with E-state index in [1.54, 1.807) is 6.07 Å². The molecule has 3 aromatic rings. The molecule has 0 atom stereocenters. The van der Waals surface area contributed by atoms with Crippen LogP contribution in [0.5, 0.6) is 0 Å². The van der Waals surface area contributed by atoms with Gasteiger partial charge in [-0.1, -0.05) is 30.3 Å². The highest BCUT2D eigenvalue weighted by Gasteiger charge is 2.18. The van der Waals surface area contributed by atoms with E-state index in [1.165, 1.54) is 11.6 Å². The minimum absolute atomic E-state index is 0.0769. The van der Waals surface area contributed by atoms with E-state index in [1.807, 2.05) is 30.3 Å². The van der Waals surface area contributed by atoms with Crippen molar-refractivity contribution in [3.8, 4) is 11.3 Å². The molecule has 1 aromatic carbocycles. The van der Waals surface area contributed by atoms with E-state index in [0.29, 0.717) is 5.69 Å². The number of hydrogen-bond acceptors (Lipinski definition) is 5. The van der Waals surface area contributed by atoms with Gasteiger partial charge in [-0.25, -0.2) is 19.1 Å². The standard InChI is InChI=1S/C15H11N3O4/c1-22-15(21)11-7-12(14(19)20)18-13(16-11)8-10(17-18)9-5-3-2-4-6-9/h2-8H,1H3,(H,19,20). The third-order valence-corrected chi connectivity index (χ3v) is 3.11. The lowest BCUT2D eigenvalue weighted by atomic mass is 10.2. The van der Waals surface area contributed by atoms with Crippen molar-refractivity contribution in [1.82, 2.24) is 14.6 Å². The van der Waals surface area contributed by atoms with Crippen LogP contribution in [0.3, 0.4) is 0 Å². The molecule has 0 unspecified atom stereocenters. The minimum Gasteiger partial charge on any atom is -0.477 e. The maximum Gasteiger partial charge on any atom is 0.356 e. The molecular formula is C15H11N3O4. The fourth-order valence-electron chi connectivity index (χ4n) is 2.09. The SMILES string of the molecule is COC(=O)c1cc(C(=O)O)n2nc(-c3ccccc3)cc2n1. The van der Waals surface area contributed by atoms with Crippen molar-refractivity contribution in [2.45, 2.75) is 0 Å². The van der Waals surface area contributed by atoms with Gasteiger partial charge in [-0.15, -0.1) is 0 Å². The van der Waals surface area contributed by atoms with Gasteiger partial charge >= 0.3 is 11.9 Å². The first-order valence-electron chi connectivity index (χ1n) is 6.38. The number of ether oxygens (including phenoxy) is 1. The predicted octanol–water partition coefficient (Wildman–Crippen LogP) is 1.88. The van der Waals surface area contributed by atoms with Crippen LogP contribution in [-0.4, -0.2) is 38.8 Å². The van der Waals surface area contributed by atoms with Crippen LogP contribution >= 0.6 is 0 Å². The highest BCUT2D eigenvalue weighted by Crippen LogP contribution is 2.20. The largest absolute Gasteiger partial charge is 0.477 e. The molecule has 0 saturated heterocycles. The Labute approximate surface area is 124 Å². The molecule has 0 aliphatic heterocycles. The van der Waals surface area contributed by atoms with Gasteiger partial charge in [0.15, 0.2) is 17.0 Å². The van der Waals surface area contributed by atoms with E-state index in [4.69, 9.17) is 0 Å². The van der Waals surface area contributed by atoms with Crippen molar-refractivity contribution in [3.05, 3.63) is 53.9 Å². The van der Waals surface area contributed by atoms with E-state index >= 15 is 0 Å². The van der Waals surface area contributed by atoms with Gasteiger partial charge in [0.1, 0.15) is 0 Å². The first kappa shape index (κ1) is 13.7. The highest BCUT2D eigenvalue weighted by molar-refractivity contribution is 5.93. The van der Waals surface area contributed by atoms with Gasteiger partial charge in [0, 0.05) is 17.7 Å². The second-order valence-corrected chi connectivity index (χ2v) is 4.49. The van der Waals surface area contributed by atoms with E-state index < -0.39 is 11.9 Å². The maximum absolute atomic E-state index is 11.6. The Morgan fingerprint density at radius 2 is 1.91 bits per heavy atom. The normalized spacial score (nSPS) is 10.6. The average molecular weight is 297 g/mol. The summed E-state index contributed by atoms with van der Waals surface area (Å²) in [4.78, 5) is 27.1. The molecule has 1 N–H and O–H groups in total. The van der Waals surface area contributed by atoms with Gasteiger partial charge in [-0.05, 0) is 0 Å². The Kier molecular flexibility index (Phi) is 3.30. The van der Waals surface area contributed by atoms with Crippen LogP contribution in [0.2, 0.25) is 0 Å². The van der Waals surface area contributed by atoms with E-state index in [0.717, 1.165) is 11.6 Å². The Morgan fingerprint density at radius 1 is 1.18 bits per heavy atom. The topological polar surface area (TPSA) is 93.8 Å². The predicted molar refractivity (Wildman–Crippen MR) is 76.7 cm³/mol. The molecule has 0 amide bonds. The summed E-state index contributed by atoms with van der Waals surface area (Å²) in [7, 11) is 1.21. The molecule has 0 spiro atoms. The van der Waals surface area contributed by atoms with Gasteiger partial charge in [-0.2, -0.15) is 5.10 Å². The number of nitrogens with zero attached hydrogens (tertiary/aromatic N) is 3. The molecule has 0 aliphatic carbocycles. The number of rotatable bonds is 3. The van der Waals surface area contributed by atoms with E-state index in [2.05, 4.69) is 14.8 Å². The highest BCUT2D eigenvalue weighted by atomic mass is 16.5. The first-order valence-corrected chi connectivity index (χ1v) is 6.38. The third kappa shape index (κ3) is 2.28. The Bertz CT molecular complexity index is 871. The fraction of sp³-hybridized carbons (Fsp3) is 0.0667. The van der Waals surface area contributed by atoms with Crippen LogP contribution in [0.25, 0.3) is 16.9 Å². The Balaban J connectivity index is 2.24. The minimum atomic E-state index is -1.21. The number of esters is 1. The maximum atomic E-state index is 11.6. The molecule has 2 aromatic heterocycles. The Morgan fingerprint density at radius 3 is 2.55 bits per heavy atom. The smallest absolute Gasteiger partial charge is 0.356 e. The van der Waals surface area contributed by atoms with Crippen LogP contribution in [-0.2, 0) is 4.74 Å². The van der Waals surface area contributed by atoms with Crippen molar-refractivity contribution >= 4 is 17.6 Å². The number of carbonyl (C=O) groups is 2. The van der Waals surface area contributed by atoms with Crippen molar-refractivity contribution in [2.24, 2.45) is 0 Å². The Hall–Kier alpha value is -3.22. The number of hydrogen-bond donors (Lipinski definition) is 1. The summed E-state index contributed by atoms with van der Waals surface area (Å²) >= 11 is 0.